The first-order chi connectivity index (χ1) is 13.8. The van der Waals surface area contributed by atoms with Crippen LogP contribution in [-0.4, -0.2) is 29.8 Å². The highest BCUT2D eigenvalue weighted by Gasteiger charge is 2.16. The molecule has 0 fully saturated rings. The lowest BCUT2D eigenvalue weighted by Gasteiger charge is -2.20. The second-order valence-electron chi connectivity index (χ2n) is 7.42. The first-order valence-corrected chi connectivity index (χ1v) is 9.18. The molecule has 0 aliphatic carbocycles. The molecule has 7 heteroatoms. The monoisotopic (exact) mass is 398 g/mol. The van der Waals surface area contributed by atoms with Gasteiger partial charge in [-0.3, -0.25) is 0 Å². The lowest BCUT2D eigenvalue weighted by atomic mass is 10.2. The summed E-state index contributed by atoms with van der Waals surface area (Å²) in [6, 6.07) is 14.7. The average Bonchev–Trinajstić information content (AvgIpc) is 3.11. The van der Waals surface area contributed by atoms with Crippen LogP contribution in [0.25, 0.3) is 22.6 Å². The van der Waals surface area contributed by atoms with E-state index in [0.29, 0.717) is 18.0 Å². The third-order valence-electron chi connectivity index (χ3n) is 3.83. The molecule has 152 valence electrons. The van der Waals surface area contributed by atoms with Gasteiger partial charge in [-0.2, -0.15) is 0 Å². The molecule has 0 saturated heterocycles. The lowest BCUT2D eigenvalue weighted by Crippen LogP contribution is -2.34. The summed E-state index contributed by atoms with van der Waals surface area (Å²) < 4.78 is 29.5. The van der Waals surface area contributed by atoms with Crippen molar-refractivity contribution in [3.8, 4) is 17.2 Å². The molecule has 0 atom stereocenters. The van der Waals surface area contributed by atoms with Gasteiger partial charge in [0, 0.05) is 17.7 Å². The molecule has 0 aliphatic heterocycles. The van der Waals surface area contributed by atoms with Crippen molar-refractivity contribution in [1.29, 1.82) is 0 Å². The van der Waals surface area contributed by atoms with Gasteiger partial charge in [0.25, 0.3) is 0 Å². The lowest BCUT2D eigenvalue weighted by molar-refractivity contribution is 0.0531. The van der Waals surface area contributed by atoms with E-state index in [-0.39, 0.29) is 18.7 Å². The van der Waals surface area contributed by atoms with Crippen LogP contribution < -0.4 is 10.1 Å². The van der Waals surface area contributed by atoms with Gasteiger partial charge in [-0.15, -0.1) is 0 Å². The maximum atomic E-state index is 13.1. The number of halogens is 1. The van der Waals surface area contributed by atoms with Gasteiger partial charge in [-0.05, 0) is 57.2 Å². The van der Waals surface area contributed by atoms with E-state index >= 15 is 0 Å². The van der Waals surface area contributed by atoms with Crippen LogP contribution in [0.1, 0.15) is 20.8 Å². The van der Waals surface area contributed by atoms with E-state index in [4.69, 9.17) is 13.9 Å². The number of para-hydroxylation sites is 2. The average molecular weight is 398 g/mol. The van der Waals surface area contributed by atoms with Gasteiger partial charge in [0.2, 0.25) is 5.89 Å². The number of fused-ring (bicyclic) bond motifs is 1. The Bertz CT molecular complexity index is 971. The summed E-state index contributed by atoms with van der Waals surface area (Å²) in [6.45, 7) is 5.26. The van der Waals surface area contributed by atoms with Gasteiger partial charge in [0.1, 0.15) is 23.5 Å². The molecular formula is C22H23FN2O4. The van der Waals surface area contributed by atoms with Crippen LogP contribution in [0.2, 0.25) is 0 Å². The van der Waals surface area contributed by atoms with Crippen LogP contribution >= 0.6 is 0 Å². The van der Waals surface area contributed by atoms with Crippen LogP contribution in [0.5, 0.6) is 5.75 Å². The summed E-state index contributed by atoms with van der Waals surface area (Å²) in [6.07, 6.45) is -0.191. The highest BCUT2D eigenvalue weighted by Crippen LogP contribution is 2.25. The third kappa shape index (κ3) is 5.81. The molecule has 0 saturated carbocycles. The Balaban J connectivity index is 1.54. The van der Waals surface area contributed by atoms with Gasteiger partial charge in [0.05, 0.1) is 6.33 Å². The van der Waals surface area contributed by atoms with Crippen molar-refractivity contribution in [2.75, 3.05) is 13.2 Å². The van der Waals surface area contributed by atoms with Crippen molar-refractivity contribution in [3.63, 3.8) is 0 Å². The van der Waals surface area contributed by atoms with Crippen LogP contribution in [0.4, 0.5) is 9.18 Å². The number of aromatic nitrogens is 1. The number of alkyl carbamates (subject to hydrolysis) is 1. The molecule has 2 aromatic carbocycles. The predicted molar refractivity (Wildman–Crippen MR) is 108 cm³/mol. The van der Waals surface area contributed by atoms with E-state index in [1.165, 1.54) is 0 Å². The number of ether oxygens (including phenoxy) is 2. The number of carbonyl (C=O) groups excluding carboxylic acids is 1. The molecule has 1 amide bonds. The van der Waals surface area contributed by atoms with Gasteiger partial charge in [-0.1, -0.05) is 12.1 Å². The van der Waals surface area contributed by atoms with Gasteiger partial charge in [-0.25, -0.2) is 14.2 Å². The summed E-state index contributed by atoms with van der Waals surface area (Å²) in [5.74, 6) is 1.07. The number of oxazole rings is 1. The largest absolute Gasteiger partial charge is 0.489 e. The van der Waals surface area contributed by atoms with Crippen LogP contribution in [0.3, 0.4) is 0 Å². The topological polar surface area (TPSA) is 73.6 Å². The van der Waals surface area contributed by atoms with Crippen molar-refractivity contribution in [1.82, 2.24) is 10.3 Å². The molecule has 0 bridgehead atoms. The van der Waals surface area contributed by atoms with Crippen LogP contribution in [-0.2, 0) is 4.74 Å². The molecule has 1 N–H and O–H groups in total. The molecular weight excluding hydrogens is 375 g/mol. The Morgan fingerprint density at radius 1 is 1.17 bits per heavy atom. The first-order valence-electron chi connectivity index (χ1n) is 9.18. The molecule has 0 unspecified atom stereocenters. The minimum atomic E-state index is -0.614. The molecule has 0 spiro atoms. The van der Waals surface area contributed by atoms with E-state index in [9.17, 15) is 9.18 Å². The Kier molecular flexibility index (Phi) is 6.16. The van der Waals surface area contributed by atoms with E-state index in [0.717, 1.165) is 16.7 Å². The van der Waals surface area contributed by atoms with Crippen molar-refractivity contribution in [2.24, 2.45) is 0 Å². The second-order valence-corrected chi connectivity index (χ2v) is 7.42. The fourth-order valence-corrected chi connectivity index (χ4v) is 2.49. The fraction of sp³-hybridized carbons (Fsp3) is 0.273. The summed E-state index contributed by atoms with van der Waals surface area (Å²) in [7, 11) is 0. The summed E-state index contributed by atoms with van der Waals surface area (Å²) in [4.78, 5) is 16.1. The quantitative estimate of drug-likeness (QED) is 0.614. The fourth-order valence-electron chi connectivity index (χ4n) is 2.49. The Morgan fingerprint density at radius 3 is 2.55 bits per heavy atom. The Morgan fingerprint density at radius 2 is 1.90 bits per heavy atom. The molecule has 3 rings (SSSR count). The number of rotatable bonds is 6. The Hall–Kier alpha value is -3.35. The standard InChI is InChI=1S/C22H23FN2O4/c1-22(2,3)29-21(26)24-13-15(12-23)14-27-17-10-8-16(9-11-17)20-25-18-6-4-5-7-19(18)28-20/h4-12H,13-14H2,1-3H3,(H,24,26)/b15-12+. The number of nitrogens with zero attached hydrogens (tertiary/aromatic N) is 1. The maximum absolute atomic E-state index is 13.1. The number of hydrogen-bond donors (Lipinski definition) is 1. The Labute approximate surface area is 168 Å². The van der Waals surface area contributed by atoms with Gasteiger partial charge < -0.3 is 19.2 Å². The molecule has 29 heavy (non-hydrogen) atoms. The smallest absolute Gasteiger partial charge is 0.407 e. The number of amides is 1. The zero-order valence-corrected chi connectivity index (χ0v) is 16.6. The number of benzene rings is 2. The normalized spacial score (nSPS) is 12.1. The molecule has 3 aromatic rings. The molecule has 0 aliphatic rings. The van der Waals surface area contributed by atoms with E-state index in [1.54, 1.807) is 32.9 Å². The zero-order valence-electron chi connectivity index (χ0n) is 16.6. The summed E-state index contributed by atoms with van der Waals surface area (Å²) in [5, 5.41) is 2.50. The van der Waals surface area contributed by atoms with Crippen molar-refractivity contribution in [2.45, 2.75) is 26.4 Å². The van der Waals surface area contributed by atoms with Crippen LogP contribution in [0, 0.1) is 0 Å². The molecule has 0 radical (unpaired) electrons. The molecule has 1 aromatic heterocycles. The maximum Gasteiger partial charge on any atom is 0.407 e. The SMILES string of the molecule is CC(C)(C)OC(=O)NC/C(=C\F)COc1ccc(-c2nc3ccccc3o2)cc1. The molecule has 6 nitrogen and oxygen atoms in total. The van der Waals surface area contributed by atoms with Crippen molar-refractivity contribution >= 4 is 17.2 Å². The highest BCUT2D eigenvalue weighted by atomic mass is 19.1. The van der Waals surface area contributed by atoms with Crippen molar-refractivity contribution < 1.29 is 23.1 Å². The third-order valence-corrected chi connectivity index (χ3v) is 3.83. The zero-order chi connectivity index (χ0) is 20.9. The summed E-state index contributed by atoms with van der Waals surface area (Å²) in [5.41, 5.74) is 1.98. The van der Waals surface area contributed by atoms with Gasteiger partial charge >= 0.3 is 6.09 Å². The number of hydrogen-bond acceptors (Lipinski definition) is 5. The minimum Gasteiger partial charge on any atom is -0.489 e. The van der Waals surface area contributed by atoms with E-state index in [1.807, 2.05) is 36.4 Å². The predicted octanol–water partition coefficient (Wildman–Crippen LogP) is 5.25. The second kappa shape index (κ2) is 8.77. The first kappa shape index (κ1) is 20.4. The highest BCUT2D eigenvalue weighted by molar-refractivity contribution is 5.76. The number of nitrogens with one attached hydrogen (secondary N) is 1. The van der Waals surface area contributed by atoms with Crippen molar-refractivity contribution in [3.05, 3.63) is 60.4 Å². The van der Waals surface area contributed by atoms with Crippen LogP contribution in [0.15, 0.2) is 64.9 Å². The summed E-state index contributed by atoms with van der Waals surface area (Å²) >= 11 is 0. The van der Waals surface area contributed by atoms with E-state index in [2.05, 4.69) is 10.3 Å². The number of carbonyl (C=O) groups is 1. The van der Waals surface area contributed by atoms with E-state index < -0.39 is 11.7 Å². The van der Waals surface area contributed by atoms with Gasteiger partial charge in [0.15, 0.2) is 5.58 Å². The molecule has 1 heterocycles. The minimum absolute atomic E-state index is 0.00542.